The van der Waals surface area contributed by atoms with Crippen LogP contribution in [0, 0.1) is 13.8 Å². The average molecular weight is 368 g/mol. The summed E-state index contributed by atoms with van der Waals surface area (Å²) in [6.45, 7) is 6.87. The van der Waals surface area contributed by atoms with Crippen LogP contribution in [-0.2, 0) is 9.47 Å². The number of hydrogen-bond donors (Lipinski definition) is 1. The Hall–Kier alpha value is -2.51. The van der Waals surface area contributed by atoms with Crippen LogP contribution in [0.5, 0.6) is 0 Å². The van der Waals surface area contributed by atoms with Gasteiger partial charge in [-0.1, -0.05) is 18.2 Å². The molecule has 1 spiro atoms. The topological polar surface area (TPSA) is 76.6 Å². The van der Waals surface area contributed by atoms with E-state index in [1.54, 1.807) is 6.07 Å². The van der Waals surface area contributed by atoms with Crippen molar-refractivity contribution in [3.63, 3.8) is 0 Å². The van der Waals surface area contributed by atoms with Gasteiger partial charge in [0.2, 0.25) is 0 Å². The standard InChI is InChI=1S/C20H24N4O3/c1-14-4-3-5-15(2)18(14)21-19(25)16-6-7-17(23-22-16)24-10-8-20(9-11-24)26-12-13-27-20/h3-7H,8-13H2,1-2H3,(H,21,25). The van der Waals surface area contributed by atoms with Crippen molar-refractivity contribution in [2.75, 3.05) is 36.5 Å². The van der Waals surface area contributed by atoms with Gasteiger partial charge in [-0.15, -0.1) is 10.2 Å². The van der Waals surface area contributed by atoms with Crippen LogP contribution < -0.4 is 10.2 Å². The Morgan fingerprint density at radius 2 is 1.70 bits per heavy atom. The second kappa shape index (κ2) is 7.25. The Morgan fingerprint density at radius 1 is 1.04 bits per heavy atom. The van der Waals surface area contributed by atoms with Gasteiger partial charge < -0.3 is 19.7 Å². The molecular formula is C20H24N4O3. The zero-order valence-corrected chi connectivity index (χ0v) is 15.7. The van der Waals surface area contributed by atoms with Crippen molar-refractivity contribution in [2.24, 2.45) is 0 Å². The molecule has 0 atom stereocenters. The quantitative estimate of drug-likeness (QED) is 0.898. The van der Waals surface area contributed by atoms with E-state index in [1.165, 1.54) is 0 Å². The molecule has 142 valence electrons. The summed E-state index contributed by atoms with van der Waals surface area (Å²) in [5, 5.41) is 11.3. The minimum absolute atomic E-state index is 0.253. The fourth-order valence-corrected chi connectivity index (χ4v) is 3.67. The Kier molecular flexibility index (Phi) is 4.80. The van der Waals surface area contributed by atoms with E-state index in [9.17, 15) is 4.79 Å². The van der Waals surface area contributed by atoms with Crippen molar-refractivity contribution >= 4 is 17.4 Å². The first-order valence-corrected chi connectivity index (χ1v) is 9.30. The predicted molar refractivity (Wildman–Crippen MR) is 102 cm³/mol. The molecule has 7 heteroatoms. The van der Waals surface area contributed by atoms with Crippen molar-refractivity contribution in [3.8, 4) is 0 Å². The maximum absolute atomic E-state index is 12.5. The molecule has 3 heterocycles. The Balaban J connectivity index is 1.41. The van der Waals surface area contributed by atoms with E-state index in [4.69, 9.17) is 9.47 Å². The lowest BCUT2D eigenvalue weighted by Crippen LogP contribution is -2.45. The monoisotopic (exact) mass is 368 g/mol. The number of amides is 1. The number of carbonyl (C=O) groups excluding carboxylic acids is 1. The van der Waals surface area contributed by atoms with E-state index in [2.05, 4.69) is 20.4 Å². The molecule has 0 bridgehead atoms. The second-order valence-electron chi connectivity index (χ2n) is 7.09. The highest BCUT2D eigenvalue weighted by atomic mass is 16.7. The van der Waals surface area contributed by atoms with E-state index >= 15 is 0 Å². The Morgan fingerprint density at radius 3 is 2.30 bits per heavy atom. The van der Waals surface area contributed by atoms with Crippen molar-refractivity contribution in [1.82, 2.24) is 10.2 Å². The summed E-state index contributed by atoms with van der Waals surface area (Å²) < 4.78 is 11.5. The van der Waals surface area contributed by atoms with Gasteiger partial charge in [0, 0.05) is 31.6 Å². The molecule has 0 radical (unpaired) electrons. The van der Waals surface area contributed by atoms with Crippen molar-refractivity contribution in [3.05, 3.63) is 47.2 Å². The SMILES string of the molecule is Cc1cccc(C)c1NC(=O)c1ccc(N2CCC3(CC2)OCCO3)nn1. The van der Waals surface area contributed by atoms with Crippen LogP contribution in [0.1, 0.15) is 34.5 Å². The van der Waals surface area contributed by atoms with E-state index < -0.39 is 5.79 Å². The molecule has 7 nitrogen and oxygen atoms in total. The maximum Gasteiger partial charge on any atom is 0.276 e. The summed E-state index contributed by atoms with van der Waals surface area (Å²) in [7, 11) is 0. The number of piperidine rings is 1. The minimum atomic E-state index is -0.408. The number of aryl methyl sites for hydroxylation is 2. The zero-order chi connectivity index (χ0) is 18.9. The lowest BCUT2D eigenvalue weighted by Gasteiger charge is -2.37. The van der Waals surface area contributed by atoms with Crippen LogP contribution >= 0.6 is 0 Å². The molecule has 2 aromatic rings. The number of benzene rings is 1. The molecule has 2 fully saturated rings. The lowest BCUT2D eigenvalue weighted by molar-refractivity contribution is -0.169. The van der Waals surface area contributed by atoms with E-state index in [0.717, 1.165) is 48.6 Å². The van der Waals surface area contributed by atoms with Gasteiger partial charge in [-0.05, 0) is 37.1 Å². The van der Waals surface area contributed by atoms with E-state index in [-0.39, 0.29) is 5.91 Å². The van der Waals surface area contributed by atoms with Gasteiger partial charge in [-0.3, -0.25) is 4.79 Å². The average Bonchev–Trinajstić information content (AvgIpc) is 3.13. The number of carbonyl (C=O) groups is 1. The number of aromatic nitrogens is 2. The largest absolute Gasteiger partial charge is 0.355 e. The number of ether oxygens (including phenoxy) is 2. The second-order valence-corrected chi connectivity index (χ2v) is 7.09. The summed E-state index contributed by atoms with van der Waals surface area (Å²) in [5.74, 6) is 0.109. The summed E-state index contributed by atoms with van der Waals surface area (Å²) >= 11 is 0. The van der Waals surface area contributed by atoms with E-state index in [1.807, 2.05) is 38.1 Å². The Bertz CT molecular complexity index is 801. The van der Waals surface area contributed by atoms with Crippen molar-refractivity contribution in [2.45, 2.75) is 32.5 Å². The summed E-state index contributed by atoms with van der Waals surface area (Å²) in [4.78, 5) is 14.7. The smallest absolute Gasteiger partial charge is 0.276 e. The molecule has 1 N–H and O–H groups in total. The molecular weight excluding hydrogens is 344 g/mol. The molecule has 2 aliphatic rings. The first kappa shape index (κ1) is 17.9. The molecule has 0 unspecified atom stereocenters. The molecule has 1 aromatic carbocycles. The number of nitrogens with one attached hydrogen (secondary N) is 1. The number of anilines is 2. The fourth-order valence-electron chi connectivity index (χ4n) is 3.67. The molecule has 4 rings (SSSR count). The molecule has 0 aliphatic carbocycles. The van der Waals surface area contributed by atoms with Crippen LogP contribution in [-0.4, -0.2) is 48.2 Å². The van der Waals surface area contributed by atoms with Crippen LogP contribution in [0.3, 0.4) is 0 Å². The zero-order valence-electron chi connectivity index (χ0n) is 15.7. The molecule has 1 amide bonds. The third-order valence-electron chi connectivity index (χ3n) is 5.27. The maximum atomic E-state index is 12.5. The fraction of sp³-hybridized carbons (Fsp3) is 0.450. The van der Waals surface area contributed by atoms with Gasteiger partial charge in [-0.25, -0.2) is 0 Å². The van der Waals surface area contributed by atoms with Gasteiger partial charge in [0.05, 0.1) is 13.2 Å². The molecule has 27 heavy (non-hydrogen) atoms. The highest BCUT2D eigenvalue weighted by molar-refractivity contribution is 6.03. The third kappa shape index (κ3) is 3.65. The van der Waals surface area contributed by atoms with Crippen molar-refractivity contribution < 1.29 is 14.3 Å². The van der Waals surface area contributed by atoms with Crippen molar-refractivity contribution in [1.29, 1.82) is 0 Å². The number of rotatable bonds is 3. The molecule has 0 saturated carbocycles. The first-order chi connectivity index (χ1) is 13.1. The van der Waals surface area contributed by atoms with Gasteiger partial charge >= 0.3 is 0 Å². The lowest BCUT2D eigenvalue weighted by atomic mass is 10.0. The van der Waals surface area contributed by atoms with Gasteiger partial charge in [0.25, 0.3) is 5.91 Å². The van der Waals surface area contributed by atoms with Gasteiger partial charge in [0.1, 0.15) is 0 Å². The molecule has 2 aliphatic heterocycles. The van der Waals surface area contributed by atoms with Gasteiger partial charge in [-0.2, -0.15) is 0 Å². The number of nitrogens with zero attached hydrogens (tertiary/aromatic N) is 3. The van der Waals surface area contributed by atoms with E-state index in [0.29, 0.717) is 18.9 Å². The van der Waals surface area contributed by atoms with Crippen LogP contribution in [0.2, 0.25) is 0 Å². The summed E-state index contributed by atoms with van der Waals surface area (Å²) in [6, 6.07) is 9.48. The molecule has 2 saturated heterocycles. The normalized spacial score (nSPS) is 18.7. The highest BCUT2D eigenvalue weighted by Gasteiger charge is 2.40. The highest BCUT2D eigenvalue weighted by Crippen LogP contribution is 2.32. The third-order valence-corrected chi connectivity index (χ3v) is 5.27. The molecule has 1 aromatic heterocycles. The first-order valence-electron chi connectivity index (χ1n) is 9.30. The van der Waals surface area contributed by atoms with Gasteiger partial charge in [0.15, 0.2) is 17.3 Å². The minimum Gasteiger partial charge on any atom is -0.355 e. The number of hydrogen-bond acceptors (Lipinski definition) is 6. The predicted octanol–water partition coefficient (Wildman–Crippen LogP) is 2.69. The summed E-state index contributed by atoms with van der Waals surface area (Å²) in [6.07, 6.45) is 1.62. The van der Waals surface area contributed by atoms with Crippen LogP contribution in [0.15, 0.2) is 30.3 Å². The Labute approximate surface area is 158 Å². The summed E-state index contributed by atoms with van der Waals surface area (Å²) in [5.41, 5.74) is 3.17. The van der Waals surface area contributed by atoms with Crippen LogP contribution in [0.4, 0.5) is 11.5 Å². The number of para-hydroxylation sites is 1. The van der Waals surface area contributed by atoms with Crippen LogP contribution in [0.25, 0.3) is 0 Å².